The summed E-state index contributed by atoms with van der Waals surface area (Å²) in [5.74, 6) is 0. The summed E-state index contributed by atoms with van der Waals surface area (Å²) in [5, 5.41) is 4.42. The van der Waals surface area contributed by atoms with Crippen LogP contribution in [0.1, 0.15) is 0 Å². The molecule has 0 atom stereocenters. The van der Waals surface area contributed by atoms with Gasteiger partial charge in [-0.1, -0.05) is 18.2 Å². The Bertz CT molecular complexity index is 641. The molecule has 19 heavy (non-hydrogen) atoms. The van der Waals surface area contributed by atoms with E-state index in [0.717, 1.165) is 17.1 Å². The van der Waals surface area contributed by atoms with Crippen molar-refractivity contribution in [3.63, 3.8) is 0 Å². The van der Waals surface area contributed by atoms with Crippen LogP contribution in [0, 0.1) is 0 Å². The molecule has 0 radical (unpaired) electrons. The highest BCUT2D eigenvalue weighted by Gasteiger charge is 1.99. The Kier molecular flexibility index (Phi) is 3.19. The van der Waals surface area contributed by atoms with Crippen molar-refractivity contribution in [1.82, 2.24) is 4.68 Å². The van der Waals surface area contributed by atoms with Gasteiger partial charge in [-0.2, -0.15) is 5.10 Å². The second kappa shape index (κ2) is 5.31. The van der Waals surface area contributed by atoms with Crippen molar-refractivity contribution in [2.45, 2.75) is 0 Å². The molecule has 0 saturated carbocycles. The number of aliphatic imine (C=N–C) groups is 1. The van der Waals surface area contributed by atoms with E-state index in [-0.39, 0.29) is 0 Å². The van der Waals surface area contributed by atoms with Gasteiger partial charge in [0.05, 0.1) is 17.1 Å². The van der Waals surface area contributed by atoms with Gasteiger partial charge in [0.1, 0.15) is 0 Å². The van der Waals surface area contributed by atoms with Gasteiger partial charge in [0, 0.05) is 12.4 Å². The van der Waals surface area contributed by atoms with E-state index >= 15 is 0 Å². The first-order valence-electron chi connectivity index (χ1n) is 6.12. The molecule has 92 valence electrons. The summed E-state index contributed by atoms with van der Waals surface area (Å²) < 4.78 is 1.78. The molecular weight excluding hydrogens is 234 g/mol. The molecule has 1 aliphatic carbocycles. The highest BCUT2D eigenvalue weighted by Crippen LogP contribution is 2.12. The number of rotatable bonds is 2. The highest BCUT2D eigenvalue weighted by molar-refractivity contribution is 6.18. The van der Waals surface area contributed by atoms with Crippen LogP contribution < -0.4 is 0 Å². The molecule has 0 unspecified atom stereocenters. The van der Waals surface area contributed by atoms with Crippen molar-refractivity contribution in [3.05, 3.63) is 79.2 Å². The first kappa shape index (κ1) is 11.4. The summed E-state index contributed by atoms with van der Waals surface area (Å²) in [6.07, 6.45) is 11.7. The molecular formula is C16H13N3. The molecule has 2 aromatic rings. The van der Waals surface area contributed by atoms with Crippen LogP contribution in [0.25, 0.3) is 0 Å². The number of allylic oxidation sites excluding steroid dienone is 4. The molecule has 0 bridgehead atoms. The zero-order valence-corrected chi connectivity index (χ0v) is 10.3. The van der Waals surface area contributed by atoms with Crippen LogP contribution in [0.3, 0.4) is 0 Å². The van der Waals surface area contributed by atoms with E-state index < -0.39 is 0 Å². The first-order valence-corrected chi connectivity index (χ1v) is 6.12. The fourth-order valence-electron chi connectivity index (χ4n) is 1.77. The minimum Gasteiger partial charge on any atom is -0.249 e. The number of para-hydroxylation sites is 1. The lowest BCUT2D eigenvalue weighted by molar-refractivity contribution is 0.890. The van der Waals surface area contributed by atoms with E-state index in [4.69, 9.17) is 0 Å². The van der Waals surface area contributed by atoms with Crippen molar-refractivity contribution >= 4 is 17.1 Å². The maximum Gasteiger partial charge on any atom is 0.0841 e. The van der Waals surface area contributed by atoms with Gasteiger partial charge < -0.3 is 0 Å². The molecule has 0 spiro atoms. The first-order chi connectivity index (χ1) is 9.40. The minimum absolute atomic E-state index is 0.906. The van der Waals surface area contributed by atoms with Crippen molar-refractivity contribution in [2.75, 3.05) is 0 Å². The third kappa shape index (κ3) is 2.96. The fraction of sp³-hybridized carbons (Fsp3) is 0. The molecule has 3 rings (SSSR count). The van der Waals surface area contributed by atoms with Crippen LogP contribution >= 0.6 is 0 Å². The quantitative estimate of drug-likeness (QED) is 0.726. The Morgan fingerprint density at radius 1 is 0.684 bits per heavy atom. The molecule has 1 aromatic heterocycles. The van der Waals surface area contributed by atoms with E-state index in [1.165, 1.54) is 0 Å². The summed E-state index contributed by atoms with van der Waals surface area (Å²) in [6.45, 7) is 0. The Hall–Kier alpha value is -2.68. The van der Waals surface area contributed by atoms with E-state index in [1.54, 1.807) is 4.68 Å². The predicted molar refractivity (Wildman–Crippen MR) is 79.1 cm³/mol. The summed E-state index contributed by atoms with van der Waals surface area (Å²) >= 11 is 0. The predicted octanol–water partition coefficient (Wildman–Crippen LogP) is 3.59. The van der Waals surface area contributed by atoms with Gasteiger partial charge in [0.15, 0.2) is 0 Å². The Morgan fingerprint density at radius 3 is 2.00 bits per heavy atom. The fourth-order valence-corrected chi connectivity index (χ4v) is 1.77. The van der Waals surface area contributed by atoms with E-state index in [2.05, 4.69) is 10.1 Å². The highest BCUT2D eigenvalue weighted by atomic mass is 15.3. The third-order valence-electron chi connectivity index (χ3n) is 2.68. The summed E-state index contributed by atoms with van der Waals surface area (Å²) in [5.41, 5.74) is 2.79. The van der Waals surface area contributed by atoms with Crippen LogP contribution in [0.15, 0.2) is 89.3 Å². The van der Waals surface area contributed by atoms with Crippen molar-refractivity contribution in [2.24, 2.45) is 10.1 Å². The van der Waals surface area contributed by atoms with E-state index in [0.29, 0.717) is 0 Å². The van der Waals surface area contributed by atoms with Gasteiger partial charge in [0.2, 0.25) is 0 Å². The molecule has 1 aliphatic rings. The summed E-state index contributed by atoms with van der Waals surface area (Å²) in [7, 11) is 0. The monoisotopic (exact) mass is 247 g/mol. The van der Waals surface area contributed by atoms with Crippen LogP contribution in [-0.4, -0.2) is 16.1 Å². The van der Waals surface area contributed by atoms with Gasteiger partial charge >= 0.3 is 0 Å². The average molecular weight is 247 g/mol. The molecule has 1 heterocycles. The second-order valence-corrected chi connectivity index (χ2v) is 4.13. The maximum absolute atomic E-state index is 4.53. The number of benzene rings is 1. The zero-order valence-electron chi connectivity index (χ0n) is 10.3. The zero-order chi connectivity index (χ0) is 12.9. The van der Waals surface area contributed by atoms with Gasteiger partial charge in [0.25, 0.3) is 0 Å². The molecule has 0 aliphatic heterocycles. The van der Waals surface area contributed by atoms with Gasteiger partial charge in [-0.3, -0.25) is 0 Å². The number of nitrogens with zero attached hydrogens (tertiary/aromatic N) is 3. The molecule has 0 fully saturated rings. The maximum atomic E-state index is 4.53. The largest absolute Gasteiger partial charge is 0.249 e. The lowest BCUT2D eigenvalue weighted by Crippen LogP contribution is -2.01. The standard InChI is InChI=1S/C16H13N3/c1-2-6-14(7-3-1)17-15-8-10-16(11-9-15)18-19-12-4-5-13-19/h1-13H. The molecule has 3 heteroatoms. The van der Waals surface area contributed by atoms with Crippen LogP contribution in [0.5, 0.6) is 0 Å². The number of aromatic nitrogens is 1. The average Bonchev–Trinajstić information content (AvgIpc) is 2.95. The molecule has 0 saturated heterocycles. The Labute approximate surface area is 111 Å². The normalized spacial score (nSPS) is 13.7. The van der Waals surface area contributed by atoms with E-state index in [1.807, 2.05) is 79.2 Å². The van der Waals surface area contributed by atoms with Crippen molar-refractivity contribution in [1.29, 1.82) is 0 Å². The van der Waals surface area contributed by atoms with Crippen molar-refractivity contribution < 1.29 is 0 Å². The Balaban J connectivity index is 1.78. The smallest absolute Gasteiger partial charge is 0.0841 e. The lowest BCUT2D eigenvalue weighted by atomic mass is 10.1. The van der Waals surface area contributed by atoms with Gasteiger partial charge in [-0.05, 0) is 48.6 Å². The molecule has 3 nitrogen and oxygen atoms in total. The van der Waals surface area contributed by atoms with Crippen LogP contribution in [-0.2, 0) is 0 Å². The SMILES string of the molecule is C1=CC(=Nn2cccc2)C=CC1=Nc1ccccc1. The Morgan fingerprint density at radius 2 is 1.32 bits per heavy atom. The van der Waals surface area contributed by atoms with Crippen molar-refractivity contribution in [3.8, 4) is 0 Å². The molecule has 1 aromatic carbocycles. The van der Waals surface area contributed by atoms with Crippen LogP contribution in [0.4, 0.5) is 5.69 Å². The summed E-state index contributed by atoms with van der Waals surface area (Å²) in [6, 6.07) is 13.8. The third-order valence-corrected chi connectivity index (χ3v) is 2.68. The van der Waals surface area contributed by atoms with Gasteiger partial charge in [-0.15, -0.1) is 0 Å². The van der Waals surface area contributed by atoms with Crippen LogP contribution in [0.2, 0.25) is 0 Å². The minimum atomic E-state index is 0.906. The van der Waals surface area contributed by atoms with E-state index in [9.17, 15) is 0 Å². The molecule has 0 amide bonds. The lowest BCUT2D eigenvalue weighted by Gasteiger charge is -2.03. The number of hydrogen-bond acceptors (Lipinski definition) is 2. The summed E-state index contributed by atoms with van der Waals surface area (Å²) in [4.78, 5) is 4.53. The topological polar surface area (TPSA) is 29.6 Å². The molecule has 0 N–H and O–H groups in total. The second-order valence-electron chi connectivity index (χ2n) is 4.13. The number of hydrogen-bond donors (Lipinski definition) is 0. The van der Waals surface area contributed by atoms with Gasteiger partial charge in [-0.25, -0.2) is 9.67 Å².